The van der Waals surface area contributed by atoms with Crippen LogP contribution in [0, 0.1) is 0 Å². The Bertz CT molecular complexity index is 480. The molecule has 1 unspecified atom stereocenters. The van der Waals surface area contributed by atoms with E-state index in [1.165, 1.54) is 25.7 Å². The zero-order chi connectivity index (χ0) is 16.0. The fourth-order valence-corrected chi connectivity index (χ4v) is 3.65. The molecule has 0 aromatic rings. The van der Waals surface area contributed by atoms with Crippen molar-refractivity contribution >= 4 is 40.0 Å². The molecule has 1 heterocycles. The molecule has 0 radical (unpaired) electrons. The van der Waals surface area contributed by atoms with Gasteiger partial charge in [-0.15, -0.1) is 24.0 Å². The average molecular weight is 459 g/mol. The number of nitrogens with one attached hydrogen (secondary N) is 2. The Kier molecular flexibility index (Phi) is 9.09. The Hall–Kier alpha value is -0.130. The smallest absolute Gasteiger partial charge is 0.210 e. The Balaban J connectivity index is 0.00000264. The Morgan fingerprint density at radius 3 is 2.61 bits per heavy atom. The molecule has 23 heavy (non-hydrogen) atoms. The van der Waals surface area contributed by atoms with Crippen LogP contribution in [-0.2, 0) is 10.0 Å². The summed E-state index contributed by atoms with van der Waals surface area (Å²) in [6.45, 7) is 5.12. The second-order valence-corrected chi connectivity index (χ2v) is 7.92. The average Bonchev–Trinajstić information content (AvgIpc) is 3.07. The molecule has 0 aromatic carbocycles. The Labute approximate surface area is 156 Å². The molecule has 7 nitrogen and oxygen atoms in total. The van der Waals surface area contributed by atoms with Crippen LogP contribution >= 0.6 is 24.0 Å². The second-order valence-electron chi connectivity index (χ2n) is 6.19. The topological polar surface area (TPSA) is 99.8 Å². The van der Waals surface area contributed by atoms with Crippen LogP contribution in [0.3, 0.4) is 0 Å². The van der Waals surface area contributed by atoms with E-state index < -0.39 is 10.0 Å². The van der Waals surface area contributed by atoms with Crippen LogP contribution in [0.25, 0.3) is 0 Å². The van der Waals surface area contributed by atoms with Gasteiger partial charge in [-0.2, -0.15) is 0 Å². The van der Waals surface area contributed by atoms with Crippen molar-refractivity contribution in [1.29, 1.82) is 0 Å². The molecule has 2 aliphatic rings. The molecule has 2 rings (SSSR count). The van der Waals surface area contributed by atoms with Crippen LogP contribution < -0.4 is 15.8 Å². The molecule has 0 aromatic heterocycles. The Morgan fingerprint density at radius 1 is 1.30 bits per heavy atom. The van der Waals surface area contributed by atoms with Gasteiger partial charge in [-0.1, -0.05) is 12.8 Å². The fraction of sp³-hybridized carbons (Fsp3) is 0.929. The van der Waals surface area contributed by atoms with Crippen LogP contribution in [0.1, 0.15) is 39.0 Å². The van der Waals surface area contributed by atoms with E-state index in [4.69, 9.17) is 5.14 Å². The minimum absolute atomic E-state index is 0. The summed E-state index contributed by atoms with van der Waals surface area (Å²) < 4.78 is 21.9. The third kappa shape index (κ3) is 7.53. The first kappa shape index (κ1) is 20.9. The molecule has 1 aliphatic heterocycles. The summed E-state index contributed by atoms with van der Waals surface area (Å²) in [6, 6.07) is 1.14. The second kappa shape index (κ2) is 10.00. The quantitative estimate of drug-likeness (QED) is 0.305. The van der Waals surface area contributed by atoms with Crippen LogP contribution in [0.15, 0.2) is 4.99 Å². The lowest BCUT2D eigenvalue weighted by Crippen LogP contribution is -2.45. The lowest BCUT2D eigenvalue weighted by atomic mass is 10.2. The maximum absolute atomic E-state index is 11.0. The van der Waals surface area contributed by atoms with Crippen molar-refractivity contribution in [2.45, 2.75) is 51.1 Å². The zero-order valence-corrected chi connectivity index (χ0v) is 17.0. The van der Waals surface area contributed by atoms with Gasteiger partial charge in [0.15, 0.2) is 5.96 Å². The molecule has 1 atom stereocenters. The van der Waals surface area contributed by atoms with Gasteiger partial charge in [0.05, 0.1) is 12.3 Å². The first-order chi connectivity index (χ1) is 10.5. The molecule has 0 amide bonds. The maximum Gasteiger partial charge on any atom is 0.210 e. The molecule has 0 bridgehead atoms. The maximum atomic E-state index is 11.0. The van der Waals surface area contributed by atoms with E-state index >= 15 is 0 Å². The number of guanidine groups is 1. The molecule has 2 fully saturated rings. The summed E-state index contributed by atoms with van der Waals surface area (Å²) >= 11 is 0. The number of rotatable bonds is 6. The van der Waals surface area contributed by atoms with Gasteiger partial charge in [-0.05, 0) is 26.2 Å². The number of hydrogen-bond donors (Lipinski definition) is 3. The van der Waals surface area contributed by atoms with Gasteiger partial charge in [0.25, 0.3) is 0 Å². The molecule has 136 valence electrons. The highest BCUT2D eigenvalue weighted by atomic mass is 127. The normalized spacial score (nSPS) is 23.7. The van der Waals surface area contributed by atoms with Crippen molar-refractivity contribution < 1.29 is 8.42 Å². The van der Waals surface area contributed by atoms with E-state index in [2.05, 4.69) is 20.5 Å². The standard InChI is InChI=1S/C14H29N5O2S.HI/c1-2-16-14(17-8-10-22(15,20)21)18-12-7-9-19(11-12)13-5-3-4-6-13;/h12-13H,2-11H2,1H3,(H2,15,20,21)(H2,16,17,18);1H. The van der Waals surface area contributed by atoms with Crippen LogP contribution in [0.2, 0.25) is 0 Å². The van der Waals surface area contributed by atoms with Gasteiger partial charge in [0.1, 0.15) is 0 Å². The number of likely N-dealkylation sites (tertiary alicyclic amines) is 1. The van der Waals surface area contributed by atoms with E-state index in [1.54, 1.807) is 0 Å². The number of halogens is 1. The number of nitrogens with zero attached hydrogens (tertiary/aromatic N) is 2. The highest BCUT2D eigenvalue weighted by molar-refractivity contribution is 14.0. The molecule has 1 saturated carbocycles. The monoisotopic (exact) mass is 459 g/mol. The van der Waals surface area contributed by atoms with Gasteiger partial charge in [-0.25, -0.2) is 13.6 Å². The molecule has 1 aliphatic carbocycles. The third-order valence-electron chi connectivity index (χ3n) is 4.39. The predicted molar refractivity (Wildman–Crippen MR) is 105 cm³/mol. The molecular formula is C14H30IN5O2S. The van der Waals surface area contributed by atoms with Crippen molar-refractivity contribution in [2.24, 2.45) is 10.1 Å². The number of nitrogens with two attached hydrogens (primary N) is 1. The highest BCUT2D eigenvalue weighted by Gasteiger charge is 2.30. The lowest BCUT2D eigenvalue weighted by molar-refractivity contribution is 0.242. The number of sulfonamides is 1. The highest BCUT2D eigenvalue weighted by Crippen LogP contribution is 2.26. The van der Waals surface area contributed by atoms with E-state index in [0.29, 0.717) is 12.0 Å². The van der Waals surface area contributed by atoms with Gasteiger partial charge in [0.2, 0.25) is 10.0 Å². The van der Waals surface area contributed by atoms with Gasteiger partial charge >= 0.3 is 0 Å². The van der Waals surface area contributed by atoms with E-state index in [1.807, 2.05) is 6.92 Å². The van der Waals surface area contributed by atoms with Crippen molar-refractivity contribution in [3.05, 3.63) is 0 Å². The summed E-state index contributed by atoms with van der Waals surface area (Å²) in [7, 11) is -3.45. The third-order valence-corrected chi connectivity index (χ3v) is 5.14. The molecule has 9 heteroatoms. The molecular weight excluding hydrogens is 429 g/mol. The van der Waals surface area contributed by atoms with Crippen molar-refractivity contribution in [1.82, 2.24) is 15.5 Å². The summed E-state index contributed by atoms with van der Waals surface area (Å²) in [4.78, 5) is 6.88. The van der Waals surface area contributed by atoms with Gasteiger partial charge in [0, 0.05) is 31.7 Å². The van der Waals surface area contributed by atoms with E-state index in [0.717, 1.165) is 32.1 Å². The molecule has 0 spiro atoms. The van der Waals surface area contributed by atoms with Crippen molar-refractivity contribution in [3.63, 3.8) is 0 Å². The van der Waals surface area contributed by atoms with Gasteiger partial charge < -0.3 is 10.6 Å². The first-order valence-corrected chi connectivity index (χ1v) is 9.99. The van der Waals surface area contributed by atoms with Crippen molar-refractivity contribution in [2.75, 3.05) is 31.9 Å². The minimum Gasteiger partial charge on any atom is -0.357 e. The lowest BCUT2D eigenvalue weighted by Gasteiger charge is -2.24. The summed E-state index contributed by atoms with van der Waals surface area (Å²) in [5.41, 5.74) is 0. The van der Waals surface area contributed by atoms with Crippen LogP contribution in [-0.4, -0.2) is 63.3 Å². The molecule has 1 saturated heterocycles. The minimum atomic E-state index is -3.45. The summed E-state index contributed by atoms with van der Waals surface area (Å²) in [5, 5.41) is 11.6. The van der Waals surface area contributed by atoms with Crippen LogP contribution in [0.5, 0.6) is 0 Å². The predicted octanol–water partition coefficient (Wildman–Crippen LogP) is 0.465. The fourth-order valence-electron chi connectivity index (χ4n) is 3.30. The SMILES string of the molecule is CCNC(=NCCS(N)(=O)=O)NC1CCN(C2CCCC2)C1.I. The van der Waals surface area contributed by atoms with Crippen molar-refractivity contribution in [3.8, 4) is 0 Å². The Morgan fingerprint density at radius 2 is 2.00 bits per heavy atom. The van der Waals surface area contributed by atoms with E-state index in [-0.39, 0.29) is 36.3 Å². The first-order valence-electron chi connectivity index (χ1n) is 8.27. The number of primary sulfonamides is 1. The number of hydrogen-bond acceptors (Lipinski definition) is 4. The zero-order valence-electron chi connectivity index (χ0n) is 13.8. The largest absolute Gasteiger partial charge is 0.357 e. The summed E-state index contributed by atoms with van der Waals surface area (Å²) in [5.74, 6) is 0.562. The van der Waals surface area contributed by atoms with Gasteiger partial charge in [-0.3, -0.25) is 9.89 Å². The summed E-state index contributed by atoms with van der Waals surface area (Å²) in [6.07, 6.45) is 6.48. The van der Waals surface area contributed by atoms with Crippen LogP contribution in [0.4, 0.5) is 0 Å². The number of aliphatic imine (C=N–C) groups is 1. The van der Waals surface area contributed by atoms with E-state index in [9.17, 15) is 8.42 Å². The molecule has 4 N–H and O–H groups in total.